The van der Waals surface area contributed by atoms with E-state index in [1.807, 2.05) is 31.3 Å². The number of aromatic nitrogens is 4. The summed E-state index contributed by atoms with van der Waals surface area (Å²) in [7, 11) is 0. The SMILES string of the molecule is Cc1nn2ccccc2c1-c1cncc(Nc2ccc(OC(F)F)cc2)n1. The zero-order valence-electron chi connectivity index (χ0n) is 14.3. The number of nitrogens with zero attached hydrogens (tertiary/aromatic N) is 4. The maximum absolute atomic E-state index is 12.2. The number of aryl methyl sites for hydroxylation is 1. The van der Waals surface area contributed by atoms with Crippen molar-refractivity contribution in [2.24, 2.45) is 0 Å². The lowest BCUT2D eigenvalue weighted by atomic mass is 10.1. The van der Waals surface area contributed by atoms with Crippen LogP contribution in [0.5, 0.6) is 5.75 Å². The predicted molar refractivity (Wildman–Crippen MR) is 97.3 cm³/mol. The van der Waals surface area contributed by atoms with E-state index in [0.29, 0.717) is 17.2 Å². The maximum Gasteiger partial charge on any atom is 0.387 e. The van der Waals surface area contributed by atoms with Gasteiger partial charge in [0.25, 0.3) is 0 Å². The number of nitrogens with one attached hydrogen (secondary N) is 1. The highest BCUT2D eigenvalue weighted by molar-refractivity contribution is 5.80. The monoisotopic (exact) mass is 367 g/mol. The largest absolute Gasteiger partial charge is 0.435 e. The Morgan fingerprint density at radius 3 is 2.67 bits per heavy atom. The van der Waals surface area contributed by atoms with E-state index in [2.05, 4.69) is 25.1 Å². The number of alkyl halides is 2. The van der Waals surface area contributed by atoms with Crippen molar-refractivity contribution in [3.63, 3.8) is 0 Å². The van der Waals surface area contributed by atoms with Crippen LogP contribution in [0.3, 0.4) is 0 Å². The van der Waals surface area contributed by atoms with Crippen molar-refractivity contribution in [3.05, 3.63) is 66.7 Å². The molecule has 0 fully saturated rings. The molecule has 0 aliphatic carbocycles. The molecule has 4 rings (SSSR count). The number of halogens is 2. The molecule has 1 N–H and O–H groups in total. The molecule has 0 unspecified atom stereocenters. The summed E-state index contributed by atoms with van der Waals surface area (Å²) in [6, 6.07) is 12.0. The second-order valence-corrected chi connectivity index (χ2v) is 5.81. The van der Waals surface area contributed by atoms with E-state index >= 15 is 0 Å². The Labute approximate surface area is 153 Å². The Balaban J connectivity index is 1.62. The molecule has 1 aromatic carbocycles. The van der Waals surface area contributed by atoms with Crippen LogP contribution in [0.4, 0.5) is 20.3 Å². The summed E-state index contributed by atoms with van der Waals surface area (Å²) < 4.78 is 30.6. The Bertz CT molecular complexity index is 1080. The quantitative estimate of drug-likeness (QED) is 0.565. The van der Waals surface area contributed by atoms with Crippen molar-refractivity contribution in [1.82, 2.24) is 19.6 Å². The van der Waals surface area contributed by atoms with E-state index in [0.717, 1.165) is 16.8 Å². The van der Waals surface area contributed by atoms with Gasteiger partial charge in [0.15, 0.2) is 0 Å². The zero-order valence-corrected chi connectivity index (χ0v) is 14.3. The molecule has 4 aromatic rings. The highest BCUT2D eigenvalue weighted by Crippen LogP contribution is 2.27. The molecule has 3 aromatic heterocycles. The van der Waals surface area contributed by atoms with Crippen LogP contribution in [-0.4, -0.2) is 26.2 Å². The highest BCUT2D eigenvalue weighted by Gasteiger charge is 2.13. The first-order valence-electron chi connectivity index (χ1n) is 8.18. The number of ether oxygens (including phenoxy) is 1. The van der Waals surface area contributed by atoms with Crippen molar-refractivity contribution in [2.75, 3.05) is 5.32 Å². The first kappa shape index (κ1) is 16.9. The Hall–Kier alpha value is -3.55. The molecule has 136 valence electrons. The number of anilines is 2. The summed E-state index contributed by atoms with van der Waals surface area (Å²) in [6.07, 6.45) is 5.15. The summed E-state index contributed by atoms with van der Waals surface area (Å²) in [5.74, 6) is 0.627. The van der Waals surface area contributed by atoms with E-state index in [1.54, 1.807) is 29.0 Å². The third-order valence-corrected chi connectivity index (χ3v) is 3.96. The van der Waals surface area contributed by atoms with Crippen molar-refractivity contribution in [3.8, 4) is 17.0 Å². The Morgan fingerprint density at radius 1 is 1.07 bits per heavy atom. The van der Waals surface area contributed by atoms with Gasteiger partial charge in [-0.2, -0.15) is 13.9 Å². The van der Waals surface area contributed by atoms with Crippen LogP contribution in [0, 0.1) is 6.92 Å². The van der Waals surface area contributed by atoms with Gasteiger partial charge in [-0.05, 0) is 43.3 Å². The van der Waals surface area contributed by atoms with E-state index in [-0.39, 0.29) is 5.75 Å². The van der Waals surface area contributed by atoms with Gasteiger partial charge in [0.05, 0.1) is 34.9 Å². The van der Waals surface area contributed by atoms with E-state index < -0.39 is 6.61 Å². The first-order valence-corrected chi connectivity index (χ1v) is 8.18. The fourth-order valence-corrected chi connectivity index (χ4v) is 2.85. The molecule has 0 amide bonds. The van der Waals surface area contributed by atoms with Crippen LogP contribution in [0.15, 0.2) is 61.1 Å². The van der Waals surface area contributed by atoms with Gasteiger partial charge in [-0.3, -0.25) is 4.98 Å². The molecule has 0 atom stereocenters. The normalized spacial score (nSPS) is 11.1. The highest BCUT2D eigenvalue weighted by atomic mass is 19.3. The summed E-state index contributed by atoms with van der Waals surface area (Å²) in [5, 5.41) is 7.60. The lowest BCUT2D eigenvalue weighted by Crippen LogP contribution is -2.02. The fraction of sp³-hybridized carbons (Fsp3) is 0.105. The molecular formula is C19H15F2N5O. The topological polar surface area (TPSA) is 64.3 Å². The minimum atomic E-state index is -2.85. The number of benzene rings is 1. The molecule has 0 bridgehead atoms. The average Bonchev–Trinajstić information content (AvgIpc) is 2.99. The number of fused-ring (bicyclic) bond motifs is 1. The van der Waals surface area contributed by atoms with E-state index in [9.17, 15) is 8.78 Å². The van der Waals surface area contributed by atoms with Gasteiger partial charge >= 0.3 is 6.61 Å². The summed E-state index contributed by atoms with van der Waals surface area (Å²) in [6.45, 7) is -0.924. The Kier molecular flexibility index (Phi) is 4.37. The minimum absolute atomic E-state index is 0.0948. The van der Waals surface area contributed by atoms with Gasteiger partial charge in [0.2, 0.25) is 0 Å². The van der Waals surface area contributed by atoms with Crippen molar-refractivity contribution in [1.29, 1.82) is 0 Å². The minimum Gasteiger partial charge on any atom is -0.435 e. The van der Waals surface area contributed by atoms with Crippen LogP contribution in [-0.2, 0) is 0 Å². The van der Waals surface area contributed by atoms with Crippen LogP contribution in [0.2, 0.25) is 0 Å². The third kappa shape index (κ3) is 3.55. The number of hydrogen-bond donors (Lipinski definition) is 1. The van der Waals surface area contributed by atoms with Gasteiger partial charge in [-0.1, -0.05) is 6.07 Å². The Morgan fingerprint density at radius 2 is 1.89 bits per heavy atom. The van der Waals surface area contributed by atoms with Crippen LogP contribution in [0.1, 0.15) is 5.69 Å². The van der Waals surface area contributed by atoms with Gasteiger partial charge in [0.1, 0.15) is 11.6 Å². The fourth-order valence-electron chi connectivity index (χ4n) is 2.85. The number of pyridine rings is 1. The molecule has 8 heteroatoms. The number of hydrogen-bond acceptors (Lipinski definition) is 5. The van der Waals surface area contributed by atoms with Crippen molar-refractivity contribution in [2.45, 2.75) is 13.5 Å². The molecule has 3 heterocycles. The summed E-state index contributed by atoms with van der Waals surface area (Å²) in [5.41, 5.74) is 4.07. The molecule has 6 nitrogen and oxygen atoms in total. The second kappa shape index (κ2) is 6.99. The predicted octanol–water partition coefficient (Wildman–Crippen LogP) is 4.44. The van der Waals surface area contributed by atoms with E-state index in [4.69, 9.17) is 0 Å². The molecule has 0 saturated heterocycles. The van der Waals surface area contributed by atoms with Crippen LogP contribution >= 0.6 is 0 Å². The van der Waals surface area contributed by atoms with Crippen LogP contribution < -0.4 is 10.1 Å². The lowest BCUT2D eigenvalue weighted by molar-refractivity contribution is -0.0498. The zero-order chi connectivity index (χ0) is 18.8. The van der Waals surface area contributed by atoms with Gasteiger partial charge in [-0.15, -0.1) is 0 Å². The van der Waals surface area contributed by atoms with Crippen molar-refractivity contribution >= 4 is 17.0 Å². The summed E-state index contributed by atoms with van der Waals surface area (Å²) in [4.78, 5) is 8.87. The van der Waals surface area contributed by atoms with Crippen LogP contribution in [0.25, 0.3) is 16.8 Å². The third-order valence-electron chi connectivity index (χ3n) is 3.96. The van der Waals surface area contributed by atoms with Gasteiger partial charge in [-0.25, -0.2) is 9.50 Å². The maximum atomic E-state index is 12.2. The van der Waals surface area contributed by atoms with Crippen molar-refractivity contribution < 1.29 is 13.5 Å². The van der Waals surface area contributed by atoms with Gasteiger partial charge < -0.3 is 10.1 Å². The molecule has 0 aliphatic rings. The lowest BCUT2D eigenvalue weighted by Gasteiger charge is -2.09. The molecule has 27 heavy (non-hydrogen) atoms. The second-order valence-electron chi connectivity index (χ2n) is 5.81. The average molecular weight is 367 g/mol. The standard InChI is InChI=1S/C19H15F2N5O/c1-12-18(16-4-2-3-9-26(16)25-12)15-10-22-11-17(24-15)23-13-5-7-14(8-6-13)27-19(20)21/h2-11,19H,1H3,(H,23,24). The smallest absolute Gasteiger partial charge is 0.387 e. The summed E-state index contributed by atoms with van der Waals surface area (Å²) >= 11 is 0. The first-order chi connectivity index (χ1) is 13.1. The molecule has 0 saturated carbocycles. The molecule has 0 aliphatic heterocycles. The molecule has 0 radical (unpaired) electrons. The number of rotatable bonds is 5. The molecular weight excluding hydrogens is 352 g/mol. The van der Waals surface area contributed by atoms with E-state index in [1.165, 1.54) is 12.1 Å². The van der Waals surface area contributed by atoms with Gasteiger partial charge in [0, 0.05) is 11.9 Å². The molecule has 0 spiro atoms.